The van der Waals surface area contributed by atoms with Gasteiger partial charge in [-0.25, -0.2) is 0 Å². The molecular weight excluding hydrogens is 558 g/mol. The van der Waals surface area contributed by atoms with Gasteiger partial charge in [0, 0.05) is 12.5 Å². The van der Waals surface area contributed by atoms with Gasteiger partial charge < -0.3 is 19.0 Å². The third-order valence-electron chi connectivity index (χ3n) is 5.03. The average Bonchev–Trinajstić information content (AvgIpc) is 3.31. The minimum absolute atomic E-state index is 0.108. The number of rotatable bonds is 8. The minimum atomic E-state index is -0.519. The second kappa shape index (κ2) is 10.9. The second-order valence-electron chi connectivity index (χ2n) is 7.35. The molecule has 0 radical (unpaired) electrons. The maximum absolute atomic E-state index is 12.9. The molecule has 33 heavy (non-hydrogen) atoms. The first kappa shape index (κ1) is 24.9. The van der Waals surface area contributed by atoms with E-state index in [1.54, 1.807) is 30.3 Å². The number of amides is 1. The molecule has 1 atom stereocenters. The third-order valence-corrected chi connectivity index (χ3v) is 6.21. The van der Waals surface area contributed by atoms with Gasteiger partial charge in [-0.2, -0.15) is 0 Å². The Balaban J connectivity index is 1.93. The van der Waals surface area contributed by atoms with Crippen molar-refractivity contribution in [3.8, 4) is 17.2 Å². The summed E-state index contributed by atoms with van der Waals surface area (Å²) in [5.41, 5.74) is 1.25. The topological polar surface area (TPSA) is 89.2 Å². The molecule has 1 N–H and O–H groups in total. The molecule has 1 heterocycles. The number of carbonyl (C=O) groups is 2. The highest BCUT2D eigenvalue weighted by molar-refractivity contribution is 9.11. The number of hydrogen-bond acceptors (Lipinski definition) is 6. The molecular formula is C24H23Br2NO6. The van der Waals surface area contributed by atoms with E-state index in [0.717, 1.165) is 12.0 Å². The third kappa shape index (κ3) is 5.97. The van der Waals surface area contributed by atoms with Crippen LogP contribution in [-0.4, -0.2) is 23.7 Å². The average molecular weight is 581 g/mol. The number of hydrogen-bond donors (Lipinski definition) is 1. The molecule has 0 aliphatic heterocycles. The molecule has 0 spiro atoms. The lowest BCUT2D eigenvalue weighted by atomic mass is 9.97. The predicted molar refractivity (Wildman–Crippen MR) is 131 cm³/mol. The fourth-order valence-electron chi connectivity index (χ4n) is 3.07. The van der Waals surface area contributed by atoms with Gasteiger partial charge in [-0.3, -0.25) is 14.5 Å². The van der Waals surface area contributed by atoms with Crippen LogP contribution < -0.4 is 9.64 Å². The van der Waals surface area contributed by atoms with Gasteiger partial charge in [-0.1, -0.05) is 13.8 Å². The maximum Gasteiger partial charge on any atom is 0.304 e. The van der Waals surface area contributed by atoms with E-state index in [1.165, 1.54) is 24.2 Å². The highest BCUT2D eigenvalue weighted by Gasteiger charge is 2.24. The Kier molecular flexibility index (Phi) is 8.20. The molecule has 0 saturated carbocycles. The summed E-state index contributed by atoms with van der Waals surface area (Å²) in [6.45, 7) is 5.07. The fourth-order valence-corrected chi connectivity index (χ4v) is 4.39. The Morgan fingerprint density at radius 2 is 1.85 bits per heavy atom. The first-order valence-corrected chi connectivity index (χ1v) is 11.8. The highest BCUT2D eigenvalue weighted by Crippen LogP contribution is 2.41. The second-order valence-corrected chi connectivity index (χ2v) is 9.05. The van der Waals surface area contributed by atoms with E-state index in [-0.39, 0.29) is 24.2 Å². The first-order chi connectivity index (χ1) is 15.7. The van der Waals surface area contributed by atoms with Gasteiger partial charge in [0.1, 0.15) is 11.5 Å². The van der Waals surface area contributed by atoms with Crippen molar-refractivity contribution in [3.63, 3.8) is 0 Å². The highest BCUT2D eigenvalue weighted by atomic mass is 79.9. The van der Waals surface area contributed by atoms with Gasteiger partial charge in [0.05, 0.1) is 20.9 Å². The molecule has 0 saturated heterocycles. The number of phenolic OH excluding ortho intramolecular Hbond substituents is 1. The summed E-state index contributed by atoms with van der Waals surface area (Å²) >= 11 is 7.01. The standard InChI is InChI=1S/C24H23Br2NO6/c1-4-14(2)18-12-17(7-8-21(18)29)33-23-19(25)10-16(11-20(23)26)27(13-32-15(3)28)24(30)22-6-5-9-31-22/h5-12,14,29H,4,13H2,1-3H3. The van der Waals surface area contributed by atoms with Gasteiger partial charge in [0.2, 0.25) is 0 Å². The lowest BCUT2D eigenvalue weighted by Crippen LogP contribution is -2.33. The minimum Gasteiger partial charge on any atom is -0.508 e. The SMILES string of the molecule is CCC(C)c1cc(Oc2c(Br)cc(N(COC(C)=O)C(=O)c3ccco3)cc2Br)ccc1O. The smallest absolute Gasteiger partial charge is 0.304 e. The first-order valence-electron chi connectivity index (χ1n) is 10.2. The molecule has 0 aliphatic rings. The van der Waals surface area contributed by atoms with Gasteiger partial charge in [0.25, 0.3) is 5.91 Å². The van der Waals surface area contributed by atoms with E-state index in [2.05, 4.69) is 38.8 Å². The van der Waals surface area contributed by atoms with Crippen LogP contribution in [0.4, 0.5) is 5.69 Å². The summed E-state index contributed by atoms with van der Waals surface area (Å²) in [7, 11) is 0. The molecule has 0 fully saturated rings. The molecule has 7 nitrogen and oxygen atoms in total. The molecule has 0 aliphatic carbocycles. The quantitative estimate of drug-likeness (QED) is 0.228. The van der Waals surface area contributed by atoms with Crippen LogP contribution in [0.2, 0.25) is 0 Å². The summed E-state index contributed by atoms with van der Waals surface area (Å²) in [6, 6.07) is 11.6. The zero-order valence-corrected chi connectivity index (χ0v) is 21.5. The molecule has 1 aromatic heterocycles. The van der Waals surface area contributed by atoms with E-state index in [4.69, 9.17) is 13.9 Å². The Hall–Kier alpha value is -2.78. The number of aromatic hydroxyl groups is 1. The van der Waals surface area contributed by atoms with E-state index < -0.39 is 11.9 Å². The molecule has 0 bridgehead atoms. The van der Waals surface area contributed by atoms with Crippen LogP contribution in [0.3, 0.4) is 0 Å². The van der Waals surface area contributed by atoms with Crippen LogP contribution in [0.25, 0.3) is 0 Å². The maximum atomic E-state index is 12.9. The van der Waals surface area contributed by atoms with Gasteiger partial charge in [-0.15, -0.1) is 0 Å². The van der Waals surface area contributed by atoms with Gasteiger partial charge in [0.15, 0.2) is 18.2 Å². The van der Waals surface area contributed by atoms with Crippen molar-refractivity contribution in [2.75, 3.05) is 11.6 Å². The fraction of sp³-hybridized carbons (Fsp3) is 0.250. The van der Waals surface area contributed by atoms with Crippen LogP contribution in [0.5, 0.6) is 17.2 Å². The van der Waals surface area contributed by atoms with Crippen molar-refractivity contribution < 1.29 is 28.6 Å². The number of furan rings is 1. The molecule has 1 amide bonds. The van der Waals surface area contributed by atoms with E-state index >= 15 is 0 Å². The van der Waals surface area contributed by atoms with E-state index in [0.29, 0.717) is 26.1 Å². The predicted octanol–water partition coefficient (Wildman–Crippen LogP) is 6.98. The van der Waals surface area contributed by atoms with Gasteiger partial charge in [-0.05, 0) is 86.7 Å². The number of esters is 1. The summed E-state index contributed by atoms with van der Waals surface area (Å²) in [5.74, 6) is 0.558. The van der Waals surface area contributed by atoms with Crippen molar-refractivity contribution in [2.24, 2.45) is 0 Å². The van der Waals surface area contributed by atoms with Crippen LogP contribution in [-0.2, 0) is 9.53 Å². The summed E-state index contributed by atoms with van der Waals surface area (Å²) in [5, 5.41) is 10.2. The van der Waals surface area contributed by atoms with Crippen LogP contribution in [0.1, 0.15) is 49.2 Å². The lowest BCUT2D eigenvalue weighted by Gasteiger charge is -2.23. The monoisotopic (exact) mass is 579 g/mol. The molecule has 174 valence electrons. The number of carbonyl (C=O) groups excluding carboxylic acids is 2. The lowest BCUT2D eigenvalue weighted by molar-refractivity contribution is -0.140. The Bertz CT molecular complexity index is 1120. The Morgan fingerprint density at radius 1 is 1.15 bits per heavy atom. The zero-order chi connectivity index (χ0) is 24.1. The van der Waals surface area contributed by atoms with Gasteiger partial charge >= 0.3 is 5.97 Å². The number of benzene rings is 2. The van der Waals surface area contributed by atoms with E-state index in [9.17, 15) is 14.7 Å². The Morgan fingerprint density at radius 3 is 2.42 bits per heavy atom. The molecule has 2 aromatic carbocycles. The molecule has 9 heteroatoms. The molecule has 3 rings (SSSR count). The van der Waals surface area contributed by atoms with Crippen molar-refractivity contribution in [1.82, 2.24) is 0 Å². The van der Waals surface area contributed by atoms with Crippen molar-refractivity contribution >= 4 is 49.4 Å². The van der Waals surface area contributed by atoms with Crippen LogP contribution in [0, 0.1) is 0 Å². The molecule has 1 unspecified atom stereocenters. The van der Waals surface area contributed by atoms with Crippen molar-refractivity contribution in [2.45, 2.75) is 33.1 Å². The van der Waals surface area contributed by atoms with Crippen LogP contribution >= 0.6 is 31.9 Å². The number of ether oxygens (including phenoxy) is 2. The summed E-state index contributed by atoms with van der Waals surface area (Å²) in [6.07, 6.45) is 2.27. The summed E-state index contributed by atoms with van der Waals surface area (Å²) in [4.78, 5) is 25.6. The number of halogens is 2. The van der Waals surface area contributed by atoms with Crippen molar-refractivity contribution in [1.29, 1.82) is 0 Å². The number of anilines is 1. The molecule has 3 aromatic rings. The normalized spacial score (nSPS) is 11.7. The number of nitrogens with zero attached hydrogens (tertiary/aromatic N) is 1. The Labute approximate surface area is 208 Å². The van der Waals surface area contributed by atoms with Crippen molar-refractivity contribution in [3.05, 3.63) is 69.0 Å². The zero-order valence-electron chi connectivity index (χ0n) is 18.3. The van der Waals surface area contributed by atoms with Crippen LogP contribution in [0.15, 0.2) is 62.1 Å². The van der Waals surface area contributed by atoms with E-state index in [1.807, 2.05) is 13.0 Å². The summed E-state index contributed by atoms with van der Waals surface area (Å²) < 4.78 is 17.5. The largest absolute Gasteiger partial charge is 0.508 e. The number of phenols is 1.